The van der Waals surface area contributed by atoms with Crippen LogP contribution in [-0.2, 0) is 0 Å². The van der Waals surface area contributed by atoms with Gasteiger partial charge in [0.25, 0.3) is 0 Å². The molecule has 0 saturated carbocycles. The minimum absolute atomic E-state index is 0.0126. The molecule has 7 nitrogen and oxygen atoms in total. The van der Waals surface area contributed by atoms with Crippen molar-refractivity contribution in [2.75, 3.05) is 11.9 Å². The average molecular weight is 432 g/mol. The van der Waals surface area contributed by atoms with Gasteiger partial charge in [0.05, 0.1) is 17.2 Å². The van der Waals surface area contributed by atoms with Crippen molar-refractivity contribution in [2.45, 2.75) is 20.8 Å². The van der Waals surface area contributed by atoms with Crippen molar-refractivity contribution in [1.29, 1.82) is 0 Å². The average Bonchev–Trinajstić information content (AvgIpc) is 2.93. The molecule has 0 amide bonds. The van der Waals surface area contributed by atoms with E-state index < -0.39 is 20.1 Å². The second kappa shape index (κ2) is 9.12. The van der Waals surface area contributed by atoms with E-state index in [0.717, 1.165) is 0 Å². The molecule has 10 heteroatoms. The number of allylic oxidation sites excluding steroid dienone is 1. The van der Waals surface area contributed by atoms with Crippen LogP contribution in [0, 0.1) is 24.0 Å². The Kier molecular flexibility index (Phi) is 7.12. The summed E-state index contributed by atoms with van der Waals surface area (Å²) in [5.41, 5.74) is 1.40. The first-order chi connectivity index (χ1) is 12.7. The standard InChI is InChI=1S/C17H17Cl3N4O3/c1-4-27-13-7-5-12(6-8-13)21-17(23-11(3)9-10(2)22-23)15(24(25)26)14(18)16(19)20/h5-9,21H,4H2,1-3H3/b17-15-. The van der Waals surface area contributed by atoms with E-state index in [1.807, 2.05) is 6.92 Å². The zero-order valence-corrected chi connectivity index (χ0v) is 17.1. The minimum Gasteiger partial charge on any atom is -0.494 e. The van der Waals surface area contributed by atoms with E-state index in [1.54, 1.807) is 44.2 Å². The summed E-state index contributed by atoms with van der Waals surface area (Å²) in [5, 5.41) is 18.6. The number of benzene rings is 1. The normalized spacial score (nSPS) is 11.6. The Morgan fingerprint density at radius 1 is 1.26 bits per heavy atom. The van der Waals surface area contributed by atoms with Crippen LogP contribution >= 0.6 is 34.8 Å². The third kappa shape index (κ3) is 5.15. The van der Waals surface area contributed by atoms with Crippen LogP contribution in [0.2, 0.25) is 0 Å². The molecule has 0 radical (unpaired) electrons. The summed E-state index contributed by atoms with van der Waals surface area (Å²) >= 11 is 17.4. The molecule has 0 aliphatic heterocycles. The number of halogens is 3. The molecule has 144 valence electrons. The van der Waals surface area contributed by atoms with Crippen LogP contribution in [-0.4, -0.2) is 21.3 Å². The molecule has 0 atom stereocenters. The first kappa shape index (κ1) is 21.1. The van der Waals surface area contributed by atoms with E-state index in [0.29, 0.717) is 29.4 Å². The fraction of sp³-hybridized carbons (Fsp3) is 0.235. The van der Waals surface area contributed by atoms with E-state index in [9.17, 15) is 10.1 Å². The monoisotopic (exact) mass is 430 g/mol. The Bertz CT molecular complexity index is 901. The highest BCUT2D eigenvalue weighted by Crippen LogP contribution is 2.31. The van der Waals surface area contributed by atoms with Crippen LogP contribution in [0.15, 0.2) is 45.6 Å². The third-order valence-corrected chi connectivity index (χ3v) is 4.37. The van der Waals surface area contributed by atoms with Gasteiger partial charge in [-0.15, -0.1) is 0 Å². The highest BCUT2D eigenvalue weighted by atomic mass is 35.5. The smallest absolute Gasteiger partial charge is 0.332 e. The number of anilines is 1. The van der Waals surface area contributed by atoms with Crippen LogP contribution in [0.25, 0.3) is 5.82 Å². The minimum atomic E-state index is -0.666. The Morgan fingerprint density at radius 2 is 1.89 bits per heavy atom. The van der Waals surface area contributed by atoms with Crippen molar-refractivity contribution in [3.8, 4) is 5.75 Å². The van der Waals surface area contributed by atoms with Gasteiger partial charge in [0, 0.05) is 11.4 Å². The molecule has 1 aromatic heterocycles. The zero-order chi connectivity index (χ0) is 20.1. The molecular formula is C17H17Cl3N4O3. The second-order valence-electron chi connectivity index (χ2n) is 5.45. The molecular weight excluding hydrogens is 415 g/mol. The van der Waals surface area contributed by atoms with Crippen molar-refractivity contribution in [3.63, 3.8) is 0 Å². The van der Waals surface area contributed by atoms with Gasteiger partial charge in [-0.25, -0.2) is 4.68 Å². The Hall–Kier alpha value is -2.22. The molecule has 2 rings (SSSR count). The molecule has 0 aliphatic rings. The van der Waals surface area contributed by atoms with Gasteiger partial charge in [-0.3, -0.25) is 10.1 Å². The van der Waals surface area contributed by atoms with Crippen LogP contribution in [0.1, 0.15) is 18.3 Å². The van der Waals surface area contributed by atoms with E-state index >= 15 is 0 Å². The highest BCUT2D eigenvalue weighted by molar-refractivity contribution is 6.59. The van der Waals surface area contributed by atoms with Crippen molar-refractivity contribution in [2.24, 2.45) is 0 Å². The third-order valence-electron chi connectivity index (χ3n) is 3.43. The lowest BCUT2D eigenvalue weighted by molar-refractivity contribution is -0.419. The number of hydrogen-bond donors (Lipinski definition) is 1. The maximum absolute atomic E-state index is 11.7. The van der Waals surface area contributed by atoms with Crippen molar-refractivity contribution >= 4 is 46.3 Å². The molecule has 0 fully saturated rings. The summed E-state index contributed by atoms with van der Waals surface area (Å²) < 4.78 is 6.36. The lowest BCUT2D eigenvalue weighted by Gasteiger charge is -2.14. The Morgan fingerprint density at radius 3 is 2.33 bits per heavy atom. The molecule has 0 saturated heterocycles. The first-order valence-corrected chi connectivity index (χ1v) is 9.01. The number of nitro groups is 1. The Balaban J connectivity index is 2.62. The lowest BCUT2D eigenvalue weighted by Crippen LogP contribution is -2.17. The molecule has 0 bridgehead atoms. The number of aromatic nitrogens is 2. The largest absolute Gasteiger partial charge is 0.494 e. The predicted molar refractivity (Wildman–Crippen MR) is 108 cm³/mol. The number of rotatable bonds is 7. The van der Waals surface area contributed by atoms with Gasteiger partial charge in [0.2, 0.25) is 5.82 Å². The van der Waals surface area contributed by atoms with Crippen LogP contribution < -0.4 is 10.1 Å². The van der Waals surface area contributed by atoms with Crippen molar-refractivity contribution in [1.82, 2.24) is 9.78 Å². The molecule has 2 aromatic rings. The van der Waals surface area contributed by atoms with Gasteiger partial charge in [0.15, 0.2) is 5.03 Å². The maximum Gasteiger partial charge on any atom is 0.332 e. The van der Waals surface area contributed by atoms with E-state index in [2.05, 4.69) is 10.4 Å². The summed E-state index contributed by atoms with van der Waals surface area (Å²) in [6, 6.07) is 8.69. The molecule has 1 N–H and O–H groups in total. The summed E-state index contributed by atoms with van der Waals surface area (Å²) in [6.45, 7) is 5.94. The van der Waals surface area contributed by atoms with Crippen LogP contribution in [0.3, 0.4) is 0 Å². The first-order valence-electron chi connectivity index (χ1n) is 7.88. The molecule has 1 heterocycles. The number of hydrogen-bond acceptors (Lipinski definition) is 5. The van der Waals surface area contributed by atoms with Crippen LogP contribution in [0.5, 0.6) is 5.75 Å². The topological polar surface area (TPSA) is 82.2 Å². The van der Waals surface area contributed by atoms with Gasteiger partial charge in [-0.2, -0.15) is 5.10 Å². The van der Waals surface area contributed by atoms with Crippen LogP contribution in [0.4, 0.5) is 5.69 Å². The molecule has 27 heavy (non-hydrogen) atoms. The van der Waals surface area contributed by atoms with Crippen molar-refractivity contribution in [3.05, 3.63) is 67.1 Å². The molecule has 0 aliphatic carbocycles. The van der Waals surface area contributed by atoms with E-state index in [1.165, 1.54) is 4.68 Å². The summed E-state index contributed by atoms with van der Waals surface area (Å²) in [6.07, 6.45) is 0. The molecule has 1 aromatic carbocycles. The fourth-order valence-electron chi connectivity index (χ4n) is 2.37. The molecule has 0 spiro atoms. The summed E-state index contributed by atoms with van der Waals surface area (Å²) in [7, 11) is 0. The SMILES string of the molecule is CCOc1ccc(N/C(=C(\C(Cl)=C(Cl)Cl)[N+](=O)[O-])n2nc(C)cc2C)cc1. The van der Waals surface area contributed by atoms with Crippen molar-refractivity contribution < 1.29 is 9.66 Å². The van der Waals surface area contributed by atoms with E-state index in [4.69, 9.17) is 39.5 Å². The number of aryl methyl sites for hydroxylation is 2. The maximum atomic E-state index is 11.7. The fourth-order valence-corrected chi connectivity index (χ4v) is 2.70. The summed E-state index contributed by atoms with van der Waals surface area (Å²) in [5.74, 6) is 0.689. The predicted octanol–water partition coefficient (Wildman–Crippen LogP) is 5.30. The Labute approximate surface area is 171 Å². The highest BCUT2D eigenvalue weighted by Gasteiger charge is 2.28. The van der Waals surface area contributed by atoms with E-state index in [-0.39, 0.29) is 5.82 Å². The van der Waals surface area contributed by atoms with Gasteiger partial charge < -0.3 is 10.1 Å². The number of nitrogens with zero attached hydrogens (tertiary/aromatic N) is 3. The second-order valence-corrected chi connectivity index (χ2v) is 6.78. The molecule has 0 unspecified atom stereocenters. The number of ether oxygens (including phenoxy) is 1. The van der Waals surface area contributed by atoms with Gasteiger partial charge in [-0.1, -0.05) is 34.8 Å². The van der Waals surface area contributed by atoms with Gasteiger partial charge in [0.1, 0.15) is 10.2 Å². The quantitative estimate of drug-likeness (QED) is 0.365. The van der Waals surface area contributed by atoms with Gasteiger partial charge in [-0.05, 0) is 51.1 Å². The number of nitrogens with one attached hydrogen (secondary N) is 1. The van der Waals surface area contributed by atoms with Gasteiger partial charge >= 0.3 is 5.70 Å². The zero-order valence-electron chi connectivity index (χ0n) is 14.8. The lowest BCUT2D eigenvalue weighted by atomic mass is 10.3. The summed E-state index contributed by atoms with van der Waals surface area (Å²) in [4.78, 5) is 11.1.